The van der Waals surface area contributed by atoms with E-state index in [1.54, 1.807) is 12.4 Å². The van der Waals surface area contributed by atoms with E-state index < -0.39 is 0 Å². The molecule has 0 saturated heterocycles. The zero-order valence-corrected chi connectivity index (χ0v) is 6.76. The standard InChI is InChI=1S/C8H11N3/c1-4-9-6(2)8-5-10-11-7(8)3/h4-5,11H,3H2,1-2H3/b8-6-,9-4?. The van der Waals surface area contributed by atoms with Gasteiger partial charge in [0, 0.05) is 17.1 Å². The van der Waals surface area contributed by atoms with Gasteiger partial charge in [-0.3, -0.25) is 10.1 Å². The average Bonchev–Trinajstić information content (AvgIpc) is 2.36. The molecular weight excluding hydrogens is 138 g/mol. The van der Waals surface area contributed by atoms with Crippen molar-refractivity contribution in [2.75, 3.05) is 0 Å². The molecule has 0 bridgehead atoms. The number of nitrogens with one attached hydrogen (secondary N) is 1. The summed E-state index contributed by atoms with van der Waals surface area (Å²) in [5, 5.41) is 8.38. The molecule has 1 N–H and O–H groups in total. The van der Waals surface area contributed by atoms with Gasteiger partial charge in [0.2, 0.25) is 0 Å². The van der Waals surface area contributed by atoms with Crippen molar-refractivity contribution in [2.45, 2.75) is 13.8 Å². The summed E-state index contributed by atoms with van der Waals surface area (Å²) in [5.41, 5.74) is 0.936. The van der Waals surface area contributed by atoms with Crippen LogP contribution in [0.15, 0.2) is 11.2 Å². The van der Waals surface area contributed by atoms with Crippen LogP contribution in [0.25, 0.3) is 12.3 Å². The zero-order valence-electron chi connectivity index (χ0n) is 6.76. The molecule has 0 radical (unpaired) electrons. The van der Waals surface area contributed by atoms with Crippen LogP contribution in [0, 0.1) is 0 Å². The number of H-pyrrole nitrogens is 1. The average molecular weight is 149 g/mol. The monoisotopic (exact) mass is 149 g/mol. The fraction of sp³-hybridized carbons (Fsp3) is 0.250. The van der Waals surface area contributed by atoms with Crippen LogP contribution >= 0.6 is 0 Å². The van der Waals surface area contributed by atoms with Crippen molar-refractivity contribution in [3.63, 3.8) is 0 Å². The summed E-state index contributed by atoms with van der Waals surface area (Å²) in [5.74, 6) is 0. The van der Waals surface area contributed by atoms with Crippen LogP contribution in [-0.4, -0.2) is 16.4 Å². The number of hydrogen-bond acceptors (Lipinski definition) is 2. The van der Waals surface area contributed by atoms with Crippen molar-refractivity contribution in [1.82, 2.24) is 10.2 Å². The highest BCUT2D eigenvalue weighted by atomic mass is 15.1. The van der Waals surface area contributed by atoms with E-state index in [1.165, 1.54) is 0 Å². The van der Waals surface area contributed by atoms with Crippen LogP contribution < -0.4 is 10.6 Å². The Hall–Kier alpha value is -1.38. The summed E-state index contributed by atoms with van der Waals surface area (Å²) in [7, 11) is 0. The third-order valence-corrected chi connectivity index (χ3v) is 1.43. The summed E-state index contributed by atoms with van der Waals surface area (Å²) in [6, 6.07) is 0. The normalized spacial score (nSPS) is 14.0. The van der Waals surface area contributed by atoms with E-state index >= 15 is 0 Å². The van der Waals surface area contributed by atoms with Crippen molar-refractivity contribution >= 4 is 18.5 Å². The second-order valence-electron chi connectivity index (χ2n) is 2.23. The Labute approximate surface area is 65.2 Å². The molecule has 11 heavy (non-hydrogen) atoms. The van der Waals surface area contributed by atoms with Gasteiger partial charge in [-0.1, -0.05) is 6.58 Å². The van der Waals surface area contributed by atoms with Crippen molar-refractivity contribution in [1.29, 1.82) is 0 Å². The fourth-order valence-corrected chi connectivity index (χ4v) is 0.888. The van der Waals surface area contributed by atoms with Gasteiger partial charge in [-0.05, 0) is 13.8 Å². The van der Waals surface area contributed by atoms with E-state index in [9.17, 15) is 0 Å². The number of aromatic nitrogens is 2. The first-order valence-corrected chi connectivity index (χ1v) is 3.43. The van der Waals surface area contributed by atoms with Gasteiger partial charge in [0.25, 0.3) is 0 Å². The van der Waals surface area contributed by atoms with E-state index in [1.807, 2.05) is 13.8 Å². The molecular formula is C8H11N3. The lowest BCUT2D eigenvalue weighted by Gasteiger charge is -1.85. The highest BCUT2D eigenvalue weighted by Crippen LogP contribution is 1.87. The lowest BCUT2D eigenvalue weighted by atomic mass is 10.4. The van der Waals surface area contributed by atoms with Crippen molar-refractivity contribution in [2.24, 2.45) is 4.99 Å². The Bertz CT molecular complexity index is 359. The van der Waals surface area contributed by atoms with Gasteiger partial charge in [-0.15, -0.1) is 0 Å². The number of hydrogen-bond donors (Lipinski definition) is 1. The molecule has 3 nitrogen and oxygen atoms in total. The van der Waals surface area contributed by atoms with Gasteiger partial charge in [0.1, 0.15) is 0 Å². The Morgan fingerprint density at radius 3 is 3.00 bits per heavy atom. The highest BCUT2D eigenvalue weighted by Gasteiger charge is 1.88. The molecule has 0 aliphatic heterocycles. The molecule has 1 heterocycles. The second kappa shape index (κ2) is 3.14. The lowest BCUT2D eigenvalue weighted by molar-refractivity contribution is 1.06. The molecule has 0 unspecified atom stereocenters. The minimum Gasteiger partial charge on any atom is -0.278 e. The highest BCUT2D eigenvalue weighted by molar-refractivity contribution is 5.61. The summed E-state index contributed by atoms with van der Waals surface area (Å²) in [6.45, 7) is 7.58. The Balaban J connectivity index is 3.38. The van der Waals surface area contributed by atoms with Crippen LogP contribution in [-0.2, 0) is 0 Å². The maximum atomic E-state index is 4.12. The molecule has 0 aliphatic carbocycles. The molecule has 1 rings (SSSR count). The second-order valence-corrected chi connectivity index (χ2v) is 2.23. The number of aliphatic imine (C=N–C) groups is 1. The van der Waals surface area contributed by atoms with Crippen LogP contribution in [0.3, 0.4) is 0 Å². The molecule has 1 aromatic rings. The zero-order chi connectivity index (χ0) is 8.27. The van der Waals surface area contributed by atoms with Crippen molar-refractivity contribution in [3.05, 3.63) is 16.8 Å². The topological polar surface area (TPSA) is 41.0 Å². The molecule has 0 spiro atoms. The van der Waals surface area contributed by atoms with E-state index in [4.69, 9.17) is 0 Å². The van der Waals surface area contributed by atoms with Crippen molar-refractivity contribution in [3.8, 4) is 0 Å². The molecule has 0 fully saturated rings. The number of aromatic amines is 1. The Kier molecular flexibility index (Phi) is 2.21. The largest absolute Gasteiger partial charge is 0.278 e. The maximum absolute atomic E-state index is 4.12. The SMILES string of the molecule is C=c1[nH]nc/c1=C(\C)N=CC. The first-order valence-electron chi connectivity index (χ1n) is 3.43. The van der Waals surface area contributed by atoms with Crippen LogP contribution in [0.4, 0.5) is 0 Å². The summed E-state index contributed by atoms with van der Waals surface area (Å²) >= 11 is 0. The molecule has 58 valence electrons. The molecule has 0 atom stereocenters. The number of rotatable bonds is 1. The summed E-state index contributed by atoms with van der Waals surface area (Å²) in [6.07, 6.45) is 3.48. The summed E-state index contributed by atoms with van der Waals surface area (Å²) in [4.78, 5) is 4.12. The Morgan fingerprint density at radius 1 is 1.82 bits per heavy atom. The first-order chi connectivity index (χ1) is 5.25. The third-order valence-electron chi connectivity index (χ3n) is 1.43. The lowest BCUT2D eigenvalue weighted by Crippen LogP contribution is -2.21. The van der Waals surface area contributed by atoms with E-state index in [2.05, 4.69) is 21.8 Å². The van der Waals surface area contributed by atoms with Gasteiger partial charge in [-0.2, -0.15) is 5.10 Å². The predicted octanol–water partition coefficient (Wildman–Crippen LogP) is 0.0388. The number of nitrogens with zero attached hydrogens (tertiary/aromatic N) is 2. The van der Waals surface area contributed by atoms with Gasteiger partial charge < -0.3 is 0 Å². The minimum absolute atomic E-state index is 0.813. The van der Waals surface area contributed by atoms with Crippen LogP contribution in [0.5, 0.6) is 0 Å². The van der Waals surface area contributed by atoms with E-state index in [0.29, 0.717) is 0 Å². The van der Waals surface area contributed by atoms with Gasteiger partial charge in [0.05, 0.1) is 11.5 Å². The Morgan fingerprint density at radius 2 is 2.55 bits per heavy atom. The van der Waals surface area contributed by atoms with E-state index in [-0.39, 0.29) is 0 Å². The maximum Gasteiger partial charge on any atom is 0.0596 e. The molecule has 0 aliphatic rings. The smallest absolute Gasteiger partial charge is 0.0596 e. The fourth-order valence-electron chi connectivity index (χ4n) is 0.888. The van der Waals surface area contributed by atoms with Gasteiger partial charge >= 0.3 is 0 Å². The third kappa shape index (κ3) is 1.55. The van der Waals surface area contributed by atoms with Gasteiger partial charge in [0.15, 0.2) is 0 Å². The van der Waals surface area contributed by atoms with Crippen molar-refractivity contribution < 1.29 is 0 Å². The summed E-state index contributed by atoms with van der Waals surface area (Å²) < 4.78 is 0. The molecule has 1 aromatic heterocycles. The molecule has 0 saturated carbocycles. The molecule has 0 amide bonds. The molecule has 3 heteroatoms. The minimum atomic E-state index is 0.813. The van der Waals surface area contributed by atoms with E-state index in [0.717, 1.165) is 16.3 Å². The quantitative estimate of drug-likeness (QED) is 0.563. The van der Waals surface area contributed by atoms with Crippen LogP contribution in [0.2, 0.25) is 0 Å². The predicted molar refractivity (Wildman–Crippen MR) is 46.6 cm³/mol. The molecule has 0 aromatic carbocycles. The van der Waals surface area contributed by atoms with Crippen LogP contribution in [0.1, 0.15) is 13.8 Å². The van der Waals surface area contributed by atoms with Gasteiger partial charge in [-0.25, -0.2) is 0 Å². The first kappa shape index (κ1) is 7.72.